The van der Waals surface area contributed by atoms with Crippen LogP contribution < -0.4 is 4.74 Å². The lowest BCUT2D eigenvalue weighted by molar-refractivity contribution is -0.204. The van der Waals surface area contributed by atoms with E-state index in [4.69, 9.17) is 33.2 Å². The van der Waals surface area contributed by atoms with Gasteiger partial charge < -0.3 is 38.0 Å². The summed E-state index contributed by atoms with van der Waals surface area (Å²) in [7, 11) is 0. The molecule has 44 heavy (non-hydrogen) atoms. The quantitative estimate of drug-likeness (QED) is 0.179. The third-order valence-corrected chi connectivity index (χ3v) is 8.75. The molecular weight excluding hydrogens is 581 g/mol. The summed E-state index contributed by atoms with van der Waals surface area (Å²) in [5, 5.41) is 0. The number of halogens is 3. The van der Waals surface area contributed by atoms with Crippen molar-refractivity contribution in [3.05, 3.63) is 42.0 Å². The molecule has 3 unspecified atom stereocenters. The van der Waals surface area contributed by atoms with Gasteiger partial charge in [0.15, 0.2) is 18.9 Å². The van der Waals surface area contributed by atoms with E-state index in [0.717, 1.165) is 69.8 Å². The fraction of sp³-hybridized carbons (Fsp3) is 0.727. The van der Waals surface area contributed by atoms with Crippen LogP contribution >= 0.6 is 0 Å². The van der Waals surface area contributed by atoms with Gasteiger partial charge in [-0.25, -0.2) is 0 Å². The third kappa shape index (κ3) is 9.74. The van der Waals surface area contributed by atoms with Crippen molar-refractivity contribution < 1.29 is 51.1 Å². The molecule has 5 rings (SSSR count). The van der Waals surface area contributed by atoms with Crippen molar-refractivity contribution in [3.8, 4) is 5.75 Å². The minimum absolute atomic E-state index is 0.0180. The maximum absolute atomic E-state index is 13.3. The number of ether oxygens (including phenoxy) is 7. The van der Waals surface area contributed by atoms with E-state index in [0.29, 0.717) is 32.7 Å². The molecule has 0 amide bonds. The van der Waals surface area contributed by atoms with Crippen LogP contribution in [0.5, 0.6) is 5.75 Å². The van der Waals surface area contributed by atoms with Crippen molar-refractivity contribution in [1.82, 2.24) is 0 Å². The highest BCUT2D eigenvalue weighted by atomic mass is 19.4. The van der Waals surface area contributed by atoms with Crippen LogP contribution in [-0.2, 0) is 39.4 Å². The molecule has 3 aliphatic heterocycles. The van der Waals surface area contributed by atoms with Gasteiger partial charge in [0, 0.05) is 44.5 Å². The van der Waals surface area contributed by atoms with Crippen LogP contribution in [0.1, 0.15) is 76.2 Å². The lowest BCUT2D eigenvalue weighted by Crippen LogP contribution is -2.32. The Morgan fingerprint density at radius 3 is 2.09 bits per heavy atom. The second kappa shape index (κ2) is 16.5. The molecule has 0 N–H and O–H groups in total. The summed E-state index contributed by atoms with van der Waals surface area (Å²) >= 11 is 0. The number of carbonyl (C=O) groups is 1. The summed E-state index contributed by atoms with van der Waals surface area (Å²) in [6.07, 6.45) is 7.30. The number of aldehydes is 1. The fourth-order valence-electron chi connectivity index (χ4n) is 6.45. The molecule has 1 aliphatic carbocycles. The summed E-state index contributed by atoms with van der Waals surface area (Å²) in [5.74, 6) is -0.243. The maximum Gasteiger partial charge on any atom is 0.416 e. The van der Waals surface area contributed by atoms with E-state index in [1.807, 2.05) is 12.2 Å². The van der Waals surface area contributed by atoms with Gasteiger partial charge in [-0.05, 0) is 76.0 Å². The van der Waals surface area contributed by atoms with Gasteiger partial charge in [0.25, 0.3) is 0 Å². The Balaban J connectivity index is 1.34. The number of carbonyl (C=O) groups excluding carboxylic acids is 1. The Labute approximate surface area is 257 Å². The Morgan fingerprint density at radius 2 is 1.50 bits per heavy atom. The molecule has 11 heteroatoms. The molecule has 0 bridgehead atoms. The first kappa shape index (κ1) is 33.3. The van der Waals surface area contributed by atoms with Crippen LogP contribution in [0.25, 0.3) is 0 Å². The summed E-state index contributed by atoms with van der Waals surface area (Å²) in [6, 6.07) is 4.81. The molecular formula is C33H45F3O8. The second-order valence-corrected chi connectivity index (χ2v) is 12.0. The molecule has 1 aromatic carbocycles. The molecule has 0 radical (unpaired) electrons. The van der Waals surface area contributed by atoms with Gasteiger partial charge in [0.1, 0.15) is 24.7 Å². The number of alkyl halides is 3. The fourth-order valence-corrected chi connectivity index (χ4v) is 6.45. The van der Waals surface area contributed by atoms with Gasteiger partial charge in [0.05, 0.1) is 17.8 Å². The van der Waals surface area contributed by atoms with E-state index < -0.39 is 24.1 Å². The topological polar surface area (TPSA) is 81.7 Å². The summed E-state index contributed by atoms with van der Waals surface area (Å²) in [6.45, 7) is 1.87. The lowest BCUT2D eigenvalue weighted by atomic mass is 9.90. The molecule has 246 valence electrons. The predicted octanol–water partition coefficient (Wildman–Crippen LogP) is 6.60. The molecule has 4 aliphatic rings. The van der Waals surface area contributed by atoms with Crippen LogP contribution in [0.2, 0.25) is 0 Å². The van der Waals surface area contributed by atoms with Crippen LogP contribution in [0.3, 0.4) is 0 Å². The zero-order valence-electron chi connectivity index (χ0n) is 25.2. The van der Waals surface area contributed by atoms with Crippen molar-refractivity contribution in [2.24, 2.45) is 11.8 Å². The zero-order chi connectivity index (χ0) is 30.8. The number of hydrogen-bond donors (Lipinski definition) is 0. The normalized spacial score (nSPS) is 32.5. The second-order valence-electron chi connectivity index (χ2n) is 12.0. The predicted molar refractivity (Wildman–Crippen MR) is 154 cm³/mol. The molecule has 1 saturated carbocycles. The van der Waals surface area contributed by atoms with Gasteiger partial charge in [0.2, 0.25) is 0 Å². The van der Waals surface area contributed by atoms with Gasteiger partial charge in [-0.3, -0.25) is 0 Å². The maximum atomic E-state index is 13.3. The van der Waals surface area contributed by atoms with Crippen LogP contribution in [0.4, 0.5) is 13.2 Å². The van der Waals surface area contributed by atoms with E-state index in [1.54, 1.807) is 0 Å². The lowest BCUT2D eigenvalue weighted by Gasteiger charge is -2.30. The summed E-state index contributed by atoms with van der Waals surface area (Å²) in [5.41, 5.74) is -0.779. The summed E-state index contributed by atoms with van der Waals surface area (Å²) in [4.78, 5) is 11.9. The van der Waals surface area contributed by atoms with Crippen molar-refractivity contribution in [3.63, 3.8) is 0 Å². The van der Waals surface area contributed by atoms with E-state index in [1.165, 1.54) is 12.1 Å². The number of hydrogen-bond acceptors (Lipinski definition) is 8. The van der Waals surface area contributed by atoms with E-state index in [9.17, 15) is 18.0 Å². The molecule has 3 saturated heterocycles. The molecule has 8 nitrogen and oxygen atoms in total. The molecule has 0 spiro atoms. The largest absolute Gasteiger partial charge is 0.491 e. The number of rotatable bonds is 13. The molecule has 0 aromatic heterocycles. The highest BCUT2D eigenvalue weighted by Crippen LogP contribution is 2.42. The van der Waals surface area contributed by atoms with Gasteiger partial charge in [-0.1, -0.05) is 18.2 Å². The average Bonchev–Trinajstić information content (AvgIpc) is 3.34. The van der Waals surface area contributed by atoms with E-state index >= 15 is 0 Å². The Morgan fingerprint density at radius 1 is 0.864 bits per heavy atom. The highest BCUT2D eigenvalue weighted by Gasteiger charge is 2.45. The Bertz CT molecular complexity index is 1030. The molecule has 1 aromatic rings. The third-order valence-electron chi connectivity index (χ3n) is 8.75. The van der Waals surface area contributed by atoms with Crippen LogP contribution in [0, 0.1) is 11.8 Å². The minimum atomic E-state index is -4.47. The zero-order valence-corrected chi connectivity index (χ0v) is 25.2. The Hall–Kier alpha value is -2.02. The highest BCUT2D eigenvalue weighted by molar-refractivity contribution is 5.50. The van der Waals surface area contributed by atoms with Crippen LogP contribution in [0.15, 0.2) is 36.4 Å². The molecule has 3 heterocycles. The summed E-state index contributed by atoms with van der Waals surface area (Å²) < 4.78 is 82.4. The first-order valence-electron chi connectivity index (χ1n) is 16.1. The van der Waals surface area contributed by atoms with Gasteiger partial charge >= 0.3 is 6.18 Å². The minimum Gasteiger partial charge on any atom is -0.491 e. The van der Waals surface area contributed by atoms with Crippen molar-refractivity contribution >= 4 is 6.29 Å². The monoisotopic (exact) mass is 626 g/mol. The van der Waals surface area contributed by atoms with Gasteiger partial charge in [-0.15, -0.1) is 0 Å². The van der Waals surface area contributed by atoms with E-state index in [-0.39, 0.29) is 55.4 Å². The molecule has 8 atom stereocenters. The van der Waals surface area contributed by atoms with Crippen molar-refractivity contribution in [2.45, 2.75) is 114 Å². The SMILES string of the molecule is O=CC[C@@H]1[C@@H](C=C[C@H](COc2cccc(C(F)(F)F)c2)OC2CCCCO2)[C@H](OC2CCCCO2)C[C@@H]1OC1CCCCO1. The van der Waals surface area contributed by atoms with Gasteiger partial charge in [-0.2, -0.15) is 13.2 Å². The van der Waals surface area contributed by atoms with Crippen molar-refractivity contribution in [2.75, 3.05) is 26.4 Å². The standard InChI is InChI=1S/C33H45F3O8/c34-33(35,36)23-8-7-9-24(20-23)41-22-25(42-30-10-1-4-17-38-30)13-14-26-27(15-16-37)29(44-32-12-3-6-19-40-32)21-28(26)43-31-11-2-5-18-39-31/h7-9,13-14,16,20,25-32H,1-6,10-12,15,17-19,21-22H2/t25-,26-,27-,28-,29+,30?,31?,32?/m1/s1. The van der Waals surface area contributed by atoms with E-state index in [2.05, 4.69) is 0 Å². The number of benzene rings is 1. The van der Waals surface area contributed by atoms with Crippen LogP contribution in [-0.4, -0.2) is 69.9 Å². The average molecular weight is 627 g/mol. The first-order chi connectivity index (χ1) is 21.4. The first-order valence-corrected chi connectivity index (χ1v) is 16.1. The smallest absolute Gasteiger partial charge is 0.416 e. The molecule has 4 fully saturated rings. The Kier molecular flexibility index (Phi) is 12.5. The van der Waals surface area contributed by atoms with Crippen molar-refractivity contribution in [1.29, 1.82) is 0 Å².